The lowest BCUT2D eigenvalue weighted by molar-refractivity contribution is 0.0956. The van der Waals surface area contributed by atoms with Crippen molar-refractivity contribution < 1.29 is 14.3 Å². The third-order valence-corrected chi connectivity index (χ3v) is 3.48. The molecule has 120 valence electrons. The van der Waals surface area contributed by atoms with Gasteiger partial charge in [-0.05, 0) is 38.8 Å². The van der Waals surface area contributed by atoms with Crippen LogP contribution in [0.2, 0.25) is 5.02 Å². The lowest BCUT2D eigenvalue weighted by Gasteiger charge is -2.15. The standard InChI is InChI=1S/C16H21ClN2O3/c1-11(2)22-16(18-10-12-6-5-9-21-12)19-15(20)13-7-3-4-8-14(13)17/h3-4,7-8,11-12H,5-6,9-10H2,1-2H3,(H,18,19,20)/t12-/m0/s1. The van der Waals surface area contributed by atoms with E-state index in [2.05, 4.69) is 10.3 Å². The second kappa shape index (κ2) is 8.15. The molecule has 6 heteroatoms. The average Bonchev–Trinajstić information content (AvgIpc) is 2.98. The number of hydrogen-bond acceptors (Lipinski definition) is 4. The Labute approximate surface area is 135 Å². The molecule has 22 heavy (non-hydrogen) atoms. The third kappa shape index (κ3) is 5.00. The third-order valence-electron chi connectivity index (χ3n) is 3.15. The van der Waals surface area contributed by atoms with Crippen molar-refractivity contribution in [1.82, 2.24) is 5.32 Å². The Kier molecular flexibility index (Phi) is 6.21. The molecule has 1 aliphatic heterocycles. The Balaban J connectivity index is 2.03. The molecule has 1 N–H and O–H groups in total. The van der Waals surface area contributed by atoms with Crippen LogP contribution in [0, 0.1) is 0 Å². The van der Waals surface area contributed by atoms with Crippen LogP contribution in [-0.4, -0.2) is 37.3 Å². The van der Waals surface area contributed by atoms with Crippen molar-refractivity contribution in [2.75, 3.05) is 13.2 Å². The lowest BCUT2D eigenvalue weighted by atomic mass is 10.2. The van der Waals surface area contributed by atoms with Gasteiger partial charge in [-0.3, -0.25) is 10.1 Å². The minimum atomic E-state index is -0.336. The van der Waals surface area contributed by atoms with E-state index in [1.807, 2.05) is 13.8 Å². The predicted molar refractivity (Wildman–Crippen MR) is 86.4 cm³/mol. The van der Waals surface area contributed by atoms with E-state index in [1.165, 1.54) is 0 Å². The topological polar surface area (TPSA) is 59.9 Å². The van der Waals surface area contributed by atoms with Crippen molar-refractivity contribution in [1.29, 1.82) is 0 Å². The van der Waals surface area contributed by atoms with E-state index < -0.39 is 0 Å². The van der Waals surface area contributed by atoms with Gasteiger partial charge in [-0.15, -0.1) is 0 Å². The number of ether oxygens (including phenoxy) is 2. The molecule has 1 heterocycles. The van der Waals surface area contributed by atoms with Crippen LogP contribution in [0.15, 0.2) is 29.3 Å². The number of rotatable bonds is 4. The first-order chi connectivity index (χ1) is 10.6. The molecular weight excluding hydrogens is 304 g/mol. The molecule has 0 radical (unpaired) electrons. The van der Waals surface area contributed by atoms with Gasteiger partial charge in [-0.1, -0.05) is 23.7 Å². The Bertz CT molecular complexity index is 540. The summed E-state index contributed by atoms with van der Waals surface area (Å²) in [4.78, 5) is 16.6. The molecule has 1 aliphatic rings. The van der Waals surface area contributed by atoms with Gasteiger partial charge >= 0.3 is 0 Å². The van der Waals surface area contributed by atoms with Crippen LogP contribution in [-0.2, 0) is 9.47 Å². The number of amidine groups is 1. The van der Waals surface area contributed by atoms with Crippen molar-refractivity contribution >= 4 is 23.5 Å². The van der Waals surface area contributed by atoms with Gasteiger partial charge in [0.05, 0.1) is 29.3 Å². The molecular formula is C16H21ClN2O3. The number of amides is 1. The maximum atomic E-state index is 12.3. The lowest BCUT2D eigenvalue weighted by Crippen LogP contribution is -2.35. The largest absolute Gasteiger partial charge is 0.462 e. The molecule has 1 aromatic carbocycles. The van der Waals surface area contributed by atoms with Gasteiger partial charge in [0.25, 0.3) is 11.9 Å². The van der Waals surface area contributed by atoms with E-state index in [0.29, 0.717) is 17.1 Å². The van der Waals surface area contributed by atoms with Crippen LogP contribution in [0.5, 0.6) is 0 Å². The highest BCUT2D eigenvalue weighted by atomic mass is 35.5. The predicted octanol–water partition coefficient (Wildman–Crippen LogP) is 3.03. The number of aliphatic imine (C=N–C) groups is 1. The first-order valence-electron chi connectivity index (χ1n) is 7.45. The fraction of sp³-hybridized carbons (Fsp3) is 0.500. The minimum absolute atomic E-state index is 0.0882. The van der Waals surface area contributed by atoms with Crippen LogP contribution < -0.4 is 5.32 Å². The zero-order valence-electron chi connectivity index (χ0n) is 12.8. The van der Waals surface area contributed by atoms with E-state index in [9.17, 15) is 4.79 Å². The number of halogens is 1. The molecule has 1 fully saturated rings. The zero-order valence-corrected chi connectivity index (χ0v) is 13.6. The van der Waals surface area contributed by atoms with Gasteiger partial charge in [0.1, 0.15) is 0 Å². The molecule has 1 amide bonds. The summed E-state index contributed by atoms with van der Waals surface area (Å²) in [6.07, 6.45) is 2.04. The van der Waals surface area contributed by atoms with Gasteiger partial charge in [-0.2, -0.15) is 0 Å². The smallest absolute Gasteiger partial charge is 0.292 e. The van der Waals surface area contributed by atoms with Crippen LogP contribution in [0.3, 0.4) is 0 Å². The minimum Gasteiger partial charge on any atom is -0.462 e. The highest BCUT2D eigenvalue weighted by Gasteiger charge is 2.17. The van der Waals surface area contributed by atoms with Crippen molar-refractivity contribution in [3.8, 4) is 0 Å². The highest BCUT2D eigenvalue weighted by Crippen LogP contribution is 2.15. The number of carbonyl (C=O) groups is 1. The van der Waals surface area contributed by atoms with Crippen LogP contribution in [0.1, 0.15) is 37.0 Å². The summed E-state index contributed by atoms with van der Waals surface area (Å²) in [5.41, 5.74) is 0.390. The van der Waals surface area contributed by atoms with Gasteiger partial charge in [0.15, 0.2) is 0 Å². The molecule has 1 saturated heterocycles. The summed E-state index contributed by atoms with van der Waals surface area (Å²) in [7, 11) is 0. The normalized spacial score (nSPS) is 18.5. The van der Waals surface area contributed by atoms with E-state index in [4.69, 9.17) is 21.1 Å². The Morgan fingerprint density at radius 3 is 2.91 bits per heavy atom. The fourth-order valence-electron chi connectivity index (χ4n) is 2.11. The maximum absolute atomic E-state index is 12.3. The summed E-state index contributed by atoms with van der Waals surface area (Å²) >= 11 is 6.03. The molecule has 1 aromatic rings. The molecule has 0 saturated carbocycles. The fourth-order valence-corrected chi connectivity index (χ4v) is 2.33. The van der Waals surface area contributed by atoms with E-state index in [-0.39, 0.29) is 24.1 Å². The van der Waals surface area contributed by atoms with E-state index >= 15 is 0 Å². The molecule has 1 atom stereocenters. The van der Waals surface area contributed by atoms with E-state index in [1.54, 1.807) is 24.3 Å². The maximum Gasteiger partial charge on any atom is 0.292 e. The monoisotopic (exact) mass is 324 g/mol. The Morgan fingerprint density at radius 1 is 1.50 bits per heavy atom. The second-order valence-corrected chi connectivity index (χ2v) is 5.79. The molecule has 2 rings (SSSR count). The number of nitrogens with one attached hydrogen (secondary N) is 1. The van der Waals surface area contributed by atoms with Gasteiger partial charge in [0, 0.05) is 6.61 Å². The van der Waals surface area contributed by atoms with Gasteiger partial charge in [-0.25, -0.2) is 4.99 Å². The SMILES string of the molecule is CC(C)OC(=NC[C@@H]1CCCO1)NC(=O)c1ccccc1Cl. The quantitative estimate of drug-likeness (QED) is 0.684. The van der Waals surface area contributed by atoms with E-state index in [0.717, 1.165) is 19.4 Å². The number of benzene rings is 1. The summed E-state index contributed by atoms with van der Waals surface area (Å²) in [6, 6.07) is 7.06. The molecule has 0 aromatic heterocycles. The first-order valence-corrected chi connectivity index (χ1v) is 7.82. The van der Waals surface area contributed by atoms with Crippen LogP contribution >= 0.6 is 11.6 Å². The molecule has 5 nitrogen and oxygen atoms in total. The second-order valence-electron chi connectivity index (χ2n) is 5.38. The molecule has 0 unspecified atom stereocenters. The number of carbonyl (C=O) groups excluding carboxylic acids is 1. The summed E-state index contributed by atoms with van der Waals surface area (Å²) < 4.78 is 11.1. The zero-order chi connectivity index (χ0) is 15.9. The van der Waals surface area contributed by atoms with Gasteiger partial charge < -0.3 is 9.47 Å². The molecule has 0 spiro atoms. The van der Waals surface area contributed by atoms with Crippen molar-refractivity contribution in [2.24, 2.45) is 4.99 Å². The molecule has 0 bridgehead atoms. The Hall–Kier alpha value is -1.59. The number of nitrogens with zero attached hydrogens (tertiary/aromatic N) is 1. The van der Waals surface area contributed by atoms with Gasteiger partial charge in [0.2, 0.25) is 0 Å². The highest BCUT2D eigenvalue weighted by molar-refractivity contribution is 6.34. The first kappa shape index (κ1) is 16.8. The van der Waals surface area contributed by atoms with Crippen molar-refractivity contribution in [3.63, 3.8) is 0 Å². The van der Waals surface area contributed by atoms with Crippen LogP contribution in [0.4, 0.5) is 0 Å². The van der Waals surface area contributed by atoms with Crippen molar-refractivity contribution in [2.45, 2.75) is 38.9 Å². The Morgan fingerprint density at radius 2 is 2.27 bits per heavy atom. The average molecular weight is 325 g/mol. The summed E-state index contributed by atoms with van der Waals surface area (Å²) in [6.45, 7) is 5.00. The summed E-state index contributed by atoms with van der Waals surface area (Å²) in [5, 5.41) is 3.07. The van der Waals surface area contributed by atoms with Crippen molar-refractivity contribution in [3.05, 3.63) is 34.9 Å². The summed E-state index contributed by atoms with van der Waals surface area (Å²) in [5.74, 6) is -0.336. The van der Waals surface area contributed by atoms with Crippen LogP contribution in [0.25, 0.3) is 0 Å². The number of hydrogen-bond donors (Lipinski definition) is 1. The molecule has 0 aliphatic carbocycles.